The highest BCUT2D eigenvalue weighted by Gasteiger charge is 2.46. The first-order valence-electron chi connectivity index (χ1n) is 16.4. The predicted molar refractivity (Wildman–Crippen MR) is 168 cm³/mol. The van der Waals surface area contributed by atoms with Crippen LogP contribution in [0.4, 0.5) is 0 Å². The van der Waals surface area contributed by atoms with Gasteiger partial charge in [-0.1, -0.05) is 41.0 Å². The Kier molecular flexibility index (Phi) is 15.0. The highest BCUT2D eigenvalue weighted by atomic mass is 16.8. The molecule has 43 heavy (non-hydrogen) atoms. The number of hydrogen-bond donors (Lipinski definition) is 1. The molecule has 2 heterocycles. The van der Waals surface area contributed by atoms with E-state index in [1.807, 2.05) is 25.9 Å². The van der Waals surface area contributed by atoms with E-state index in [9.17, 15) is 14.7 Å². The van der Waals surface area contributed by atoms with Gasteiger partial charge in [-0.15, -0.1) is 0 Å². The van der Waals surface area contributed by atoms with Crippen LogP contribution >= 0.6 is 0 Å². The van der Waals surface area contributed by atoms with Crippen molar-refractivity contribution in [3.63, 3.8) is 0 Å². The molecule has 2 aliphatic heterocycles. The van der Waals surface area contributed by atoms with E-state index in [1.54, 1.807) is 20.8 Å². The molecule has 0 aromatic carbocycles. The van der Waals surface area contributed by atoms with Gasteiger partial charge in [-0.25, -0.2) is 0 Å². The minimum Gasteiger partial charge on any atom is -0.463 e. The molecule has 0 unspecified atom stereocenters. The van der Waals surface area contributed by atoms with E-state index in [-0.39, 0.29) is 30.6 Å². The first-order chi connectivity index (χ1) is 20.0. The van der Waals surface area contributed by atoms with Crippen LogP contribution in [0.15, 0.2) is 0 Å². The summed E-state index contributed by atoms with van der Waals surface area (Å²) >= 11 is 0. The summed E-state index contributed by atoms with van der Waals surface area (Å²) < 4.78 is 23.4. The van der Waals surface area contributed by atoms with Crippen molar-refractivity contribution in [2.45, 2.75) is 112 Å². The number of carbonyl (C=O) groups excluding carboxylic acids is 2. The lowest BCUT2D eigenvalue weighted by Gasteiger charge is -2.47. The van der Waals surface area contributed by atoms with Crippen LogP contribution in [0.25, 0.3) is 0 Å². The maximum atomic E-state index is 13.7. The Bertz CT molecular complexity index is 863. The van der Waals surface area contributed by atoms with Gasteiger partial charge in [0.1, 0.15) is 18.1 Å². The molecule has 10 nitrogen and oxygen atoms in total. The minimum absolute atomic E-state index is 0.0848. The SMILES string of the molecule is CCC[C@@H](C)CN(C)[C@H](COC(=O)C(C)(C)C(=O)[C@H](C)[C@H](OC)O[C@@H]1O[C@H](C)C[C@H](N(C)C)[C@H]1O)C1CN(CC(C)C)C1. The zero-order chi connectivity index (χ0) is 32.6. The predicted octanol–water partition coefficient (Wildman–Crippen LogP) is 3.50. The summed E-state index contributed by atoms with van der Waals surface area (Å²) in [6.07, 6.45) is -0.0729. The largest absolute Gasteiger partial charge is 0.463 e. The van der Waals surface area contributed by atoms with Crippen LogP contribution in [0.3, 0.4) is 0 Å². The number of nitrogens with zero attached hydrogens (tertiary/aromatic N) is 3. The summed E-state index contributed by atoms with van der Waals surface area (Å²) in [5.74, 6) is -0.132. The number of methoxy groups -OCH3 is 1. The molecule has 0 radical (unpaired) electrons. The van der Waals surface area contributed by atoms with Crippen molar-refractivity contribution in [3.05, 3.63) is 0 Å². The molecule has 0 bridgehead atoms. The number of likely N-dealkylation sites (tertiary alicyclic amines) is 1. The second-order valence-corrected chi connectivity index (χ2v) is 14.5. The van der Waals surface area contributed by atoms with Gasteiger partial charge in [-0.3, -0.25) is 14.5 Å². The molecule has 0 saturated carbocycles. The lowest BCUT2D eigenvalue weighted by Crippen LogP contribution is -2.58. The number of aliphatic hydroxyl groups excluding tert-OH is 1. The number of likely N-dealkylation sites (N-methyl/N-ethyl adjacent to an activating group) is 2. The molecule has 10 heteroatoms. The summed E-state index contributed by atoms with van der Waals surface area (Å²) in [7, 11) is 7.37. The highest BCUT2D eigenvalue weighted by Crippen LogP contribution is 2.31. The van der Waals surface area contributed by atoms with E-state index in [0.29, 0.717) is 24.2 Å². The van der Waals surface area contributed by atoms with Crippen molar-refractivity contribution in [2.24, 2.45) is 29.1 Å². The molecular weight excluding hydrogens is 550 g/mol. The third-order valence-corrected chi connectivity index (χ3v) is 9.21. The van der Waals surface area contributed by atoms with Crippen molar-refractivity contribution in [1.29, 1.82) is 0 Å². The number of ether oxygens (including phenoxy) is 4. The Balaban J connectivity index is 2.07. The number of hydrogen-bond acceptors (Lipinski definition) is 10. The van der Waals surface area contributed by atoms with Gasteiger partial charge in [-0.05, 0) is 66.6 Å². The van der Waals surface area contributed by atoms with Gasteiger partial charge in [0.2, 0.25) is 0 Å². The average Bonchev–Trinajstić information content (AvgIpc) is 2.90. The molecule has 1 N–H and O–H groups in total. The lowest BCUT2D eigenvalue weighted by molar-refractivity contribution is -0.309. The first kappa shape index (κ1) is 38.0. The smallest absolute Gasteiger partial charge is 0.319 e. The topological polar surface area (TPSA) is 101 Å². The molecule has 252 valence electrons. The Hall–Kier alpha value is -1.14. The van der Waals surface area contributed by atoms with Gasteiger partial charge < -0.3 is 33.9 Å². The third kappa shape index (κ3) is 10.4. The molecule has 0 aromatic rings. The fourth-order valence-electron chi connectivity index (χ4n) is 6.65. The van der Waals surface area contributed by atoms with Crippen LogP contribution < -0.4 is 0 Å². The number of ketones is 1. The Morgan fingerprint density at radius 2 is 1.74 bits per heavy atom. The van der Waals surface area contributed by atoms with Gasteiger partial charge in [-0.2, -0.15) is 0 Å². The molecule has 8 atom stereocenters. The summed E-state index contributed by atoms with van der Waals surface area (Å²) in [5.41, 5.74) is -1.41. The number of carbonyl (C=O) groups is 2. The Morgan fingerprint density at radius 3 is 2.28 bits per heavy atom. The van der Waals surface area contributed by atoms with Crippen LogP contribution in [0.2, 0.25) is 0 Å². The average molecular weight is 614 g/mol. The van der Waals surface area contributed by atoms with Gasteiger partial charge in [0.05, 0.1) is 12.0 Å². The fraction of sp³-hybridized carbons (Fsp3) is 0.939. The number of rotatable bonds is 18. The maximum Gasteiger partial charge on any atom is 0.319 e. The zero-order valence-electron chi connectivity index (χ0n) is 29.2. The van der Waals surface area contributed by atoms with Crippen molar-refractivity contribution >= 4 is 11.8 Å². The van der Waals surface area contributed by atoms with Gasteiger partial charge in [0.25, 0.3) is 0 Å². The molecule has 0 aromatic heterocycles. The number of Topliss-reactive ketones (excluding diaryl/α,β-unsaturated/α-hetero) is 1. The summed E-state index contributed by atoms with van der Waals surface area (Å²) in [6, 6.07) is -0.0746. The standard InChI is InChI=1S/C33H63N3O7/c1-13-14-22(4)17-35(11)27(25-18-36(19-25)16-21(2)3)20-41-32(39)33(7,8)29(38)24(6)30(40-12)43-31-28(37)26(34(9)10)15-23(5)42-31/h21-28,30-31,37H,13-20H2,1-12H3/t22-,23-,24+,26+,27-,28-,30-,31+/m1/s1. The van der Waals surface area contributed by atoms with Crippen molar-refractivity contribution in [3.8, 4) is 0 Å². The minimum atomic E-state index is -1.41. The van der Waals surface area contributed by atoms with E-state index >= 15 is 0 Å². The molecule has 0 aliphatic carbocycles. The molecule has 2 aliphatic rings. The second-order valence-electron chi connectivity index (χ2n) is 14.5. The van der Waals surface area contributed by atoms with Gasteiger partial charge in [0, 0.05) is 51.3 Å². The number of aliphatic hydroxyl groups is 1. The van der Waals surface area contributed by atoms with Crippen molar-refractivity contribution < 1.29 is 33.6 Å². The van der Waals surface area contributed by atoms with Crippen molar-refractivity contribution in [2.75, 3.05) is 61.0 Å². The van der Waals surface area contributed by atoms with Crippen LogP contribution in [-0.2, 0) is 28.5 Å². The molecule has 0 spiro atoms. The molecule has 2 fully saturated rings. The second kappa shape index (κ2) is 17.0. The monoisotopic (exact) mass is 613 g/mol. The third-order valence-electron chi connectivity index (χ3n) is 9.21. The summed E-state index contributed by atoms with van der Waals surface area (Å²) in [5, 5.41) is 10.9. The van der Waals surface area contributed by atoms with Crippen LogP contribution in [0.1, 0.15) is 74.7 Å². The van der Waals surface area contributed by atoms with Crippen LogP contribution in [0, 0.1) is 29.1 Å². The van der Waals surface area contributed by atoms with Crippen LogP contribution in [-0.4, -0.2) is 129 Å². The van der Waals surface area contributed by atoms with Crippen molar-refractivity contribution in [1.82, 2.24) is 14.7 Å². The Labute approximate surface area is 261 Å². The fourth-order valence-corrected chi connectivity index (χ4v) is 6.65. The first-order valence-corrected chi connectivity index (χ1v) is 16.4. The van der Waals surface area contributed by atoms with E-state index in [1.165, 1.54) is 7.11 Å². The van der Waals surface area contributed by atoms with E-state index in [0.717, 1.165) is 39.0 Å². The zero-order valence-corrected chi connectivity index (χ0v) is 29.2. The van der Waals surface area contributed by atoms with Crippen LogP contribution in [0.5, 0.6) is 0 Å². The molecule has 2 saturated heterocycles. The normalized spacial score (nSPS) is 26.8. The van der Waals surface area contributed by atoms with E-state index < -0.39 is 36.0 Å². The van der Waals surface area contributed by atoms with Gasteiger partial charge >= 0.3 is 5.97 Å². The highest BCUT2D eigenvalue weighted by molar-refractivity contribution is 6.04. The maximum absolute atomic E-state index is 13.7. The molecule has 2 rings (SSSR count). The lowest BCUT2D eigenvalue weighted by atomic mass is 9.81. The summed E-state index contributed by atoms with van der Waals surface area (Å²) in [4.78, 5) is 34.0. The summed E-state index contributed by atoms with van der Waals surface area (Å²) in [6.45, 7) is 20.0. The molecule has 0 amide bonds. The van der Waals surface area contributed by atoms with E-state index in [4.69, 9.17) is 18.9 Å². The Morgan fingerprint density at radius 1 is 1.12 bits per heavy atom. The van der Waals surface area contributed by atoms with Gasteiger partial charge in [0.15, 0.2) is 18.4 Å². The molecular formula is C33H63N3O7. The van der Waals surface area contributed by atoms with E-state index in [2.05, 4.69) is 44.5 Å². The quantitative estimate of drug-likeness (QED) is 0.140. The number of esters is 1.